The van der Waals surface area contributed by atoms with Crippen molar-refractivity contribution in [1.82, 2.24) is 15.6 Å². The summed E-state index contributed by atoms with van der Waals surface area (Å²) in [6.07, 6.45) is 4.78. The highest BCUT2D eigenvalue weighted by Crippen LogP contribution is 2.38. The Hall–Kier alpha value is -3.16. The van der Waals surface area contributed by atoms with Crippen LogP contribution in [0.4, 0.5) is 8.78 Å². The predicted molar refractivity (Wildman–Crippen MR) is 141 cm³/mol. The fraction of sp³-hybridized carbons (Fsp3) is 0.400. The highest BCUT2D eigenvalue weighted by Gasteiger charge is 2.27. The Morgan fingerprint density at radius 1 is 1.16 bits per heavy atom. The molecule has 1 aliphatic carbocycles. The van der Waals surface area contributed by atoms with Gasteiger partial charge >= 0.3 is 0 Å². The summed E-state index contributed by atoms with van der Waals surface area (Å²) in [5, 5.41) is 17.3. The second-order valence-electron chi connectivity index (χ2n) is 9.94. The summed E-state index contributed by atoms with van der Waals surface area (Å²) in [5.41, 5.74) is 7.42. The minimum Gasteiger partial charge on any atom is -0.390 e. The van der Waals surface area contributed by atoms with Crippen molar-refractivity contribution in [1.29, 1.82) is 0 Å². The van der Waals surface area contributed by atoms with Gasteiger partial charge in [-0.25, -0.2) is 8.78 Å². The zero-order valence-corrected chi connectivity index (χ0v) is 21.7. The van der Waals surface area contributed by atoms with Crippen molar-refractivity contribution in [2.45, 2.75) is 71.1 Å². The van der Waals surface area contributed by atoms with Crippen molar-refractivity contribution in [2.75, 3.05) is 6.54 Å². The number of aliphatic hydroxyl groups is 1. The molecule has 0 spiro atoms. The second-order valence-corrected chi connectivity index (χ2v) is 9.94. The monoisotopic (exact) mass is 507 g/mol. The van der Waals surface area contributed by atoms with Gasteiger partial charge < -0.3 is 15.7 Å². The maximum absolute atomic E-state index is 13.7. The van der Waals surface area contributed by atoms with E-state index in [1.165, 1.54) is 41.3 Å². The van der Waals surface area contributed by atoms with Crippen LogP contribution >= 0.6 is 0 Å². The smallest absolute Gasteiger partial charge is 0.217 e. The molecular weight excluding hydrogens is 472 g/mol. The van der Waals surface area contributed by atoms with Gasteiger partial charge in [-0.1, -0.05) is 19.1 Å². The molecule has 0 radical (unpaired) electrons. The van der Waals surface area contributed by atoms with Crippen molar-refractivity contribution in [2.24, 2.45) is 0 Å². The van der Waals surface area contributed by atoms with E-state index in [2.05, 4.69) is 47.7 Å². The van der Waals surface area contributed by atoms with Crippen molar-refractivity contribution < 1.29 is 18.7 Å². The standard InChI is InChI=1S/C30H35F2N3O2/c1-4-20-13-25-24(26(14-20)30-18(2)7-6-10-33-30)8-5-9-27(25)34-17-29(37)28(35-19(3)36)15-21-11-22(31)16-23(32)12-21/h6-7,10-14,16,27-29,34,37H,4-5,8-9,15,17H2,1-3H3,(H,35,36). The highest BCUT2D eigenvalue weighted by molar-refractivity contribution is 5.73. The van der Waals surface area contributed by atoms with Crippen LogP contribution < -0.4 is 10.6 Å². The van der Waals surface area contributed by atoms with Gasteiger partial charge in [0.1, 0.15) is 11.6 Å². The van der Waals surface area contributed by atoms with Gasteiger partial charge in [-0.2, -0.15) is 0 Å². The Balaban J connectivity index is 1.56. The van der Waals surface area contributed by atoms with Crippen LogP contribution in [0.1, 0.15) is 60.5 Å². The summed E-state index contributed by atoms with van der Waals surface area (Å²) in [6, 6.07) is 11.1. The number of aromatic nitrogens is 1. The molecule has 0 saturated carbocycles. The molecule has 3 unspecified atom stereocenters. The molecule has 0 fully saturated rings. The van der Waals surface area contributed by atoms with Crippen LogP contribution in [-0.4, -0.2) is 34.7 Å². The quantitative estimate of drug-likeness (QED) is 0.382. The molecule has 0 saturated heterocycles. The third-order valence-corrected chi connectivity index (χ3v) is 7.12. The van der Waals surface area contributed by atoms with Gasteiger partial charge in [0.05, 0.1) is 17.8 Å². The number of carbonyl (C=O) groups is 1. The van der Waals surface area contributed by atoms with Gasteiger partial charge in [0.15, 0.2) is 0 Å². The largest absolute Gasteiger partial charge is 0.390 e. The second kappa shape index (κ2) is 11.9. The van der Waals surface area contributed by atoms with Crippen LogP contribution in [0.3, 0.4) is 0 Å². The summed E-state index contributed by atoms with van der Waals surface area (Å²) in [4.78, 5) is 16.5. The van der Waals surface area contributed by atoms with Crippen molar-refractivity contribution in [3.8, 4) is 11.3 Å². The summed E-state index contributed by atoms with van der Waals surface area (Å²) in [6.45, 7) is 5.80. The molecule has 7 heteroatoms. The number of pyridine rings is 1. The number of aryl methyl sites for hydroxylation is 2. The summed E-state index contributed by atoms with van der Waals surface area (Å²) < 4.78 is 27.4. The molecule has 1 aromatic heterocycles. The Labute approximate surface area is 217 Å². The van der Waals surface area contributed by atoms with E-state index in [0.29, 0.717) is 5.56 Å². The molecular formula is C30H35F2N3O2. The van der Waals surface area contributed by atoms with Crippen LogP contribution in [0.25, 0.3) is 11.3 Å². The number of rotatable bonds is 9. The molecule has 1 amide bonds. The number of nitrogens with one attached hydrogen (secondary N) is 2. The Morgan fingerprint density at radius 2 is 1.92 bits per heavy atom. The molecule has 0 aliphatic heterocycles. The predicted octanol–water partition coefficient (Wildman–Crippen LogP) is 4.97. The molecule has 37 heavy (non-hydrogen) atoms. The number of hydrogen-bond donors (Lipinski definition) is 3. The van der Waals surface area contributed by atoms with Crippen LogP contribution in [0.2, 0.25) is 0 Å². The lowest BCUT2D eigenvalue weighted by molar-refractivity contribution is -0.120. The van der Waals surface area contributed by atoms with Gasteiger partial charge in [-0.05, 0) is 91.1 Å². The van der Waals surface area contributed by atoms with Crippen LogP contribution in [0.5, 0.6) is 0 Å². The number of aliphatic hydroxyl groups excluding tert-OH is 1. The fourth-order valence-corrected chi connectivity index (χ4v) is 5.31. The first-order valence-electron chi connectivity index (χ1n) is 13.0. The van der Waals surface area contributed by atoms with Gasteiger partial charge in [0, 0.05) is 37.3 Å². The summed E-state index contributed by atoms with van der Waals surface area (Å²) >= 11 is 0. The zero-order valence-electron chi connectivity index (χ0n) is 21.7. The SMILES string of the molecule is CCc1cc(-c2ncccc2C)c2c(c1)C(NCC(O)C(Cc1cc(F)cc(F)c1)NC(C)=O)CCC2. The number of halogens is 2. The van der Waals surface area contributed by atoms with E-state index in [9.17, 15) is 18.7 Å². The van der Waals surface area contributed by atoms with Crippen LogP contribution in [0, 0.1) is 18.6 Å². The number of nitrogens with zero attached hydrogens (tertiary/aromatic N) is 1. The average molecular weight is 508 g/mol. The van der Waals surface area contributed by atoms with Gasteiger partial charge in [-0.15, -0.1) is 0 Å². The normalized spacial score (nSPS) is 16.6. The third-order valence-electron chi connectivity index (χ3n) is 7.12. The average Bonchev–Trinajstić information content (AvgIpc) is 2.85. The zero-order chi connectivity index (χ0) is 26.5. The third kappa shape index (κ3) is 6.59. The van der Waals surface area contributed by atoms with E-state index in [4.69, 9.17) is 0 Å². The topological polar surface area (TPSA) is 74.2 Å². The number of fused-ring (bicyclic) bond motifs is 1. The number of carbonyl (C=O) groups excluding carboxylic acids is 1. The minimum absolute atomic E-state index is 0.0391. The Bertz CT molecular complexity index is 1240. The van der Waals surface area contributed by atoms with E-state index < -0.39 is 23.8 Å². The van der Waals surface area contributed by atoms with E-state index in [1.54, 1.807) is 0 Å². The van der Waals surface area contributed by atoms with E-state index in [0.717, 1.165) is 43.0 Å². The first kappa shape index (κ1) is 26.9. The minimum atomic E-state index is -0.951. The van der Waals surface area contributed by atoms with Crippen LogP contribution in [0.15, 0.2) is 48.7 Å². The van der Waals surface area contributed by atoms with E-state index >= 15 is 0 Å². The number of benzene rings is 2. The molecule has 1 aliphatic rings. The van der Waals surface area contributed by atoms with Crippen molar-refractivity contribution in [3.05, 3.63) is 88.1 Å². The molecule has 3 atom stereocenters. The lowest BCUT2D eigenvalue weighted by atomic mass is 9.81. The van der Waals surface area contributed by atoms with E-state index in [-0.39, 0.29) is 24.9 Å². The van der Waals surface area contributed by atoms with Gasteiger partial charge in [0.2, 0.25) is 5.91 Å². The van der Waals surface area contributed by atoms with Gasteiger partial charge in [-0.3, -0.25) is 9.78 Å². The Kier molecular flexibility index (Phi) is 8.67. The number of amides is 1. The molecule has 1 heterocycles. The lowest BCUT2D eigenvalue weighted by Gasteiger charge is -2.31. The van der Waals surface area contributed by atoms with Crippen molar-refractivity contribution in [3.63, 3.8) is 0 Å². The maximum Gasteiger partial charge on any atom is 0.217 e. The first-order chi connectivity index (χ1) is 17.7. The molecule has 3 N–H and O–H groups in total. The van der Waals surface area contributed by atoms with Crippen LogP contribution in [-0.2, 0) is 24.1 Å². The van der Waals surface area contributed by atoms with Crippen molar-refractivity contribution >= 4 is 5.91 Å². The Morgan fingerprint density at radius 3 is 2.59 bits per heavy atom. The highest BCUT2D eigenvalue weighted by atomic mass is 19.1. The molecule has 196 valence electrons. The first-order valence-corrected chi connectivity index (χ1v) is 13.0. The summed E-state index contributed by atoms with van der Waals surface area (Å²) in [7, 11) is 0. The lowest BCUT2D eigenvalue weighted by Crippen LogP contribution is -2.48. The van der Waals surface area contributed by atoms with Gasteiger partial charge in [0.25, 0.3) is 0 Å². The number of hydrogen-bond acceptors (Lipinski definition) is 4. The molecule has 4 rings (SSSR count). The maximum atomic E-state index is 13.7. The summed E-state index contributed by atoms with van der Waals surface area (Å²) in [5.74, 6) is -1.69. The fourth-order valence-electron chi connectivity index (χ4n) is 5.31. The molecule has 3 aromatic rings. The molecule has 2 aromatic carbocycles. The molecule has 5 nitrogen and oxygen atoms in total. The molecule has 0 bridgehead atoms. The van der Waals surface area contributed by atoms with E-state index in [1.807, 2.05) is 12.3 Å².